The second-order valence-electron chi connectivity index (χ2n) is 8.69. The molecule has 0 saturated carbocycles. The number of amides is 1. The molecule has 0 spiro atoms. The summed E-state index contributed by atoms with van der Waals surface area (Å²) in [6.45, 7) is 8.04. The highest BCUT2D eigenvalue weighted by Crippen LogP contribution is 2.28. The molecule has 2 N–H and O–H groups in total. The Hall–Kier alpha value is -2.84. The van der Waals surface area contributed by atoms with E-state index in [2.05, 4.69) is 16.7 Å². The number of hydrogen-bond donors (Lipinski definition) is 1. The summed E-state index contributed by atoms with van der Waals surface area (Å²) in [5.41, 5.74) is 7.64. The van der Waals surface area contributed by atoms with Crippen LogP contribution in [0.2, 0.25) is 5.02 Å². The average Bonchev–Trinajstić information content (AvgIpc) is 3.25. The molecule has 0 radical (unpaired) electrons. The Morgan fingerprint density at radius 3 is 2.82 bits per heavy atom. The third-order valence-corrected chi connectivity index (χ3v) is 6.52. The third kappa shape index (κ3) is 5.07. The van der Waals surface area contributed by atoms with E-state index in [4.69, 9.17) is 27.1 Å². The number of ether oxygens (including phenoxy) is 1. The van der Waals surface area contributed by atoms with Gasteiger partial charge < -0.3 is 20.3 Å². The average molecular weight is 471 g/mol. The number of hydrazone groups is 1. The van der Waals surface area contributed by atoms with Gasteiger partial charge in [0, 0.05) is 54.8 Å². The van der Waals surface area contributed by atoms with Crippen molar-refractivity contribution in [3.8, 4) is 5.75 Å². The summed E-state index contributed by atoms with van der Waals surface area (Å²) < 4.78 is 5.30. The normalized spacial score (nSPS) is 24.6. The van der Waals surface area contributed by atoms with Crippen LogP contribution in [-0.4, -0.2) is 72.1 Å². The van der Waals surface area contributed by atoms with Gasteiger partial charge in [0.05, 0.1) is 13.2 Å². The van der Waals surface area contributed by atoms with Crippen molar-refractivity contribution in [3.63, 3.8) is 0 Å². The molecule has 0 aromatic heterocycles. The first-order valence-corrected chi connectivity index (χ1v) is 11.7. The summed E-state index contributed by atoms with van der Waals surface area (Å²) in [4.78, 5) is 22.5. The number of aliphatic imine (C=N–C) groups is 1. The van der Waals surface area contributed by atoms with E-state index in [-0.39, 0.29) is 18.0 Å². The Morgan fingerprint density at radius 2 is 2.12 bits per heavy atom. The van der Waals surface area contributed by atoms with Gasteiger partial charge in [-0.25, -0.2) is 10.0 Å². The molecule has 1 unspecified atom stereocenters. The lowest BCUT2D eigenvalue weighted by atomic mass is 10.00. The number of nitrogens with two attached hydrogens (primary N) is 1. The number of methoxy groups -OCH3 is 1. The molecule has 1 aromatic rings. The van der Waals surface area contributed by atoms with Crippen molar-refractivity contribution in [3.05, 3.63) is 52.5 Å². The molecule has 3 heterocycles. The van der Waals surface area contributed by atoms with Crippen LogP contribution in [0.25, 0.3) is 0 Å². The maximum Gasteiger partial charge on any atom is 0.254 e. The monoisotopic (exact) mass is 470 g/mol. The summed E-state index contributed by atoms with van der Waals surface area (Å²) in [7, 11) is 1.56. The molecule has 4 rings (SSSR count). The summed E-state index contributed by atoms with van der Waals surface area (Å²) in [6.07, 6.45) is 7.73. The molecule has 0 aliphatic carbocycles. The number of nitrogens with zero attached hydrogens (tertiary/aromatic N) is 5. The van der Waals surface area contributed by atoms with Crippen LogP contribution in [0.4, 0.5) is 0 Å². The van der Waals surface area contributed by atoms with Crippen LogP contribution in [0.1, 0.15) is 43.0 Å². The van der Waals surface area contributed by atoms with E-state index in [9.17, 15) is 4.79 Å². The van der Waals surface area contributed by atoms with Crippen LogP contribution in [0, 0.1) is 0 Å². The number of piperidine rings is 1. The van der Waals surface area contributed by atoms with Crippen molar-refractivity contribution in [2.75, 3.05) is 26.7 Å². The molecular weight excluding hydrogens is 440 g/mol. The van der Waals surface area contributed by atoms with Gasteiger partial charge >= 0.3 is 0 Å². The van der Waals surface area contributed by atoms with E-state index in [1.54, 1.807) is 30.3 Å². The minimum Gasteiger partial charge on any atom is -0.497 e. The summed E-state index contributed by atoms with van der Waals surface area (Å²) >= 11 is 6.22. The highest BCUT2D eigenvalue weighted by molar-refractivity contribution is 6.31. The van der Waals surface area contributed by atoms with E-state index >= 15 is 0 Å². The van der Waals surface area contributed by atoms with E-state index in [1.165, 1.54) is 0 Å². The number of rotatable bonds is 4. The fraction of sp³-hybridized carbons (Fsp3) is 0.458. The largest absolute Gasteiger partial charge is 0.497 e. The second kappa shape index (κ2) is 9.97. The first kappa shape index (κ1) is 23.3. The van der Waals surface area contributed by atoms with Gasteiger partial charge in [0.25, 0.3) is 5.91 Å². The Labute approximate surface area is 200 Å². The van der Waals surface area contributed by atoms with Crippen LogP contribution in [0.15, 0.2) is 52.0 Å². The van der Waals surface area contributed by atoms with Gasteiger partial charge in [0.1, 0.15) is 11.6 Å². The third-order valence-electron chi connectivity index (χ3n) is 6.31. The zero-order valence-electron chi connectivity index (χ0n) is 19.2. The van der Waals surface area contributed by atoms with Crippen LogP contribution < -0.4 is 10.5 Å². The molecule has 176 valence electrons. The van der Waals surface area contributed by atoms with Gasteiger partial charge in [-0.05, 0) is 56.9 Å². The molecule has 8 nitrogen and oxygen atoms in total. The van der Waals surface area contributed by atoms with Crippen molar-refractivity contribution in [2.24, 2.45) is 15.8 Å². The number of hydrogen-bond acceptors (Lipinski definition) is 7. The molecular formula is C24H31ClN6O2. The predicted octanol–water partition coefficient (Wildman–Crippen LogP) is 3.45. The van der Waals surface area contributed by atoms with E-state index in [0.29, 0.717) is 28.7 Å². The van der Waals surface area contributed by atoms with Crippen LogP contribution in [-0.2, 0) is 0 Å². The van der Waals surface area contributed by atoms with Crippen molar-refractivity contribution >= 4 is 30.1 Å². The molecule has 1 amide bonds. The number of carbonyl (C=O) groups excluding carboxylic acids is 1. The zero-order valence-corrected chi connectivity index (χ0v) is 20.0. The fourth-order valence-electron chi connectivity index (χ4n) is 4.61. The highest BCUT2D eigenvalue weighted by atomic mass is 35.5. The molecule has 3 aliphatic heterocycles. The molecule has 9 heteroatoms. The Morgan fingerprint density at radius 1 is 1.30 bits per heavy atom. The number of carbonyl (C=O) groups is 1. The minimum absolute atomic E-state index is 0.0762. The number of likely N-dealkylation sites (tertiary alicyclic amines) is 2. The van der Waals surface area contributed by atoms with Crippen LogP contribution in [0.3, 0.4) is 0 Å². The fourth-order valence-corrected chi connectivity index (χ4v) is 4.83. The van der Waals surface area contributed by atoms with Gasteiger partial charge in [0.2, 0.25) is 0 Å². The SMILES string of the molecule is C=NN1C=C(C)C(N2CC[C@H](N)C2)=N/C1=C/C1CCCCN1C(=O)c1cc(Cl)cc(OC)c1. The summed E-state index contributed by atoms with van der Waals surface area (Å²) in [5, 5.41) is 6.28. The molecule has 2 saturated heterocycles. The Balaban J connectivity index is 1.64. The van der Waals surface area contributed by atoms with E-state index in [0.717, 1.165) is 50.2 Å². The first-order valence-electron chi connectivity index (χ1n) is 11.3. The van der Waals surface area contributed by atoms with Crippen molar-refractivity contribution in [1.82, 2.24) is 14.8 Å². The predicted molar refractivity (Wildman–Crippen MR) is 132 cm³/mol. The highest BCUT2D eigenvalue weighted by Gasteiger charge is 2.30. The molecule has 1 aromatic carbocycles. The number of amidine groups is 1. The molecule has 33 heavy (non-hydrogen) atoms. The zero-order chi connectivity index (χ0) is 23.5. The maximum atomic E-state index is 13.4. The van der Waals surface area contributed by atoms with Gasteiger partial charge in [0.15, 0.2) is 5.82 Å². The maximum absolute atomic E-state index is 13.4. The quantitative estimate of drug-likeness (QED) is 0.681. The Kier molecular flexibility index (Phi) is 7.05. The summed E-state index contributed by atoms with van der Waals surface area (Å²) in [5.74, 6) is 2.06. The lowest BCUT2D eigenvalue weighted by molar-refractivity contribution is 0.0661. The topological polar surface area (TPSA) is 86.8 Å². The molecule has 2 atom stereocenters. The standard InChI is InChI=1S/C24H31ClN6O2/c1-16-14-31(27-2)22(28-23(16)29-9-7-19(26)15-29)13-20-6-4-5-8-30(20)24(32)17-10-18(25)12-21(11-17)33-3/h10-14,19-20H,2,4-9,15,26H2,1,3H3/b22-13-/t19-,20?/m0/s1. The Bertz CT molecular complexity index is 1020. The number of halogens is 1. The van der Waals surface area contributed by atoms with Crippen molar-refractivity contribution in [2.45, 2.75) is 44.7 Å². The van der Waals surface area contributed by atoms with Crippen LogP contribution >= 0.6 is 11.6 Å². The summed E-state index contributed by atoms with van der Waals surface area (Å²) in [6, 6.07) is 5.14. The van der Waals surface area contributed by atoms with E-state index in [1.807, 2.05) is 24.1 Å². The van der Waals surface area contributed by atoms with Gasteiger partial charge in [-0.3, -0.25) is 4.79 Å². The first-order chi connectivity index (χ1) is 15.9. The molecule has 2 fully saturated rings. The lowest BCUT2D eigenvalue weighted by Crippen LogP contribution is -2.43. The lowest BCUT2D eigenvalue weighted by Gasteiger charge is -2.35. The molecule has 3 aliphatic rings. The van der Waals surface area contributed by atoms with Gasteiger partial charge in [-0.15, -0.1) is 0 Å². The van der Waals surface area contributed by atoms with Crippen LogP contribution in [0.5, 0.6) is 5.75 Å². The second-order valence-corrected chi connectivity index (χ2v) is 9.13. The number of benzene rings is 1. The minimum atomic E-state index is -0.117. The van der Waals surface area contributed by atoms with Gasteiger partial charge in [-0.1, -0.05) is 11.6 Å². The van der Waals surface area contributed by atoms with Crippen molar-refractivity contribution < 1.29 is 9.53 Å². The van der Waals surface area contributed by atoms with Gasteiger partial charge in [-0.2, -0.15) is 5.10 Å². The molecule has 0 bridgehead atoms. The van der Waals surface area contributed by atoms with Crippen molar-refractivity contribution in [1.29, 1.82) is 0 Å². The van der Waals surface area contributed by atoms with E-state index < -0.39 is 0 Å². The smallest absolute Gasteiger partial charge is 0.254 e.